The number of nitrogens with one attached hydrogen (secondary N) is 1. The average Bonchev–Trinajstić information content (AvgIpc) is 2.55. The molecule has 6 nitrogen and oxygen atoms in total. The van der Waals surface area contributed by atoms with Crippen LogP contribution in [0.3, 0.4) is 0 Å². The van der Waals surface area contributed by atoms with Crippen LogP contribution in [0.2, 0.25) is 0 Å². The monoisotopic (exact) mass is 359 g/mol. The fraction of sp³-hybridized carbons (Fsp3) is 0.333. The van der Waals surface area contributed by atoms with Crippen molar-refractivity contribution in [3.63, 3.8) is 0 Å². The van der Waals surface area contributed by atoms with Crippen LogP contribution in [-0.2, 0) is 4.79 Å². The number of pyridine rings is 1. The van der Waals surface area contributed by atoms with Crippen LogP contribution in [0.15, 0.2) is 35.5 Å². The summed E-state index contributed by atoms with van der Waals surface area (Å²) in [4.78, 5) is 32.1. The topological polar surface area (TPSA) is 91.7 Å². The van der Waals surface area contributed by atoms with Gasteiger partial charge in [-0.2, -0.15) is 12.6 Å². The van der Waals surface area contributed by atoms with E-state index >= 15 is 0 Å². The van der Waals surface area contributed by atoms with Crippen LogP contribution in [0.5, 0.6) is 0 Å². The third kappa shape index (κ3) is 5.29. The molecule has 0 aliphatic heterocycles. The molecule has 0 fully saturated rings. The number of hydrogen-bond acceptors (Lipinski definition) is 5. The first-order chi connectivity index (χ1) is 11.7. The van der Waals surface area contributed by atoms with Crippen molar-refractivity contribution in [1.29, 1.82) is 0 Å². The predicted octanol–water partition coefficient (Wildman–Crippen LogP) is 2.57. The minimum Gasteiger partial charge on any atom is -0.480 e. The number of fused-ring (bicyclic) bond motifs is 1. The Labute approximate surface area is 151 Å². The zero-order valence-corrected chi connectivity index (χ0v) is 15.2. The Kier molecular flexibility index (Phi) is 5.79. The van der Waals surface area contributed by atoms with Gasteiger partial charge in [-0.1, -0.05) is 0 Å². The summed E-state index contributed by atoms with van der Waals surface area (Å²) >= 11 is 3.94. The lowest BCUT2D eigenvalue weighted by molar-refractivity contribution is -0.138. The Morgan fingerprint density at radius 3 is 2.68 bits per heavy atom. The summed E-state index contributed by atoms with van der Waals surface area (Å²) in [7, 11) is 0. The molecular weight excluding hydrogens is 338 g/mol. The molecule has 0 radical (unpaired) electrons. The molecule has 1 heterocycles. The van der Waals surface area contributed by atoms with Crippen LogP contribution in [0.4, 0.5) is 0 Å². The van der Waals surface area contributed by atoms with Crippen LogP contribution in [0.1, 0.15) is 36.7 Å². The molecule has 2 aromatic rings. The molecule has 132 valence electrons. The number of carboxylic acid groups (broad SMARTS) is 1. The number of amides is 1. The summed E-state index contributed by atoms with van der Waals surface area (Å²) in [6.07, 6.45) is 3.47. The molecule has 1 unspecified atom stereocenters. The van der Waals surface area contributed by atoms with Crippen LogP contribution in [-0.4, -0.2) is 45.5 Å². The maximum atomic E-state index is 12.2. The molecule has 0 saturated heterocycles. The number of thiol groups is 1. The zero-order chi connectivity index (χ0) is 18.6. The number of rotatable bonds is 5. The van der Waals surface area contributed by atoms with E-state index in [0.29, 0.717) is 5.56 Å². The van der Waals surface area contributed by atoms with Crippen molar-refractivity contribution in [2.75, 3.05) is 5.75 Å². The van der Waals surface area contributed by atoms with Crippen molar-refractivity contribution < 1.29 is 14.7 Å². The van der Waals surface area contributed by atoms with E-state index in [1.54, 1.807) is 30.6 Å². The molecule has 0 aliphatic carbocycles. The van der Waals surface area contributed by atoms with E-state index in [1.165, 1.54) is 0 Å². The molecule has 2 rings (SSSR count). The maximum Gasteiger partial charge on any atom is 0.327 e. The highest BCUT2D eigenvalue weighted by Crippen LogP contribution is 2.16. The lowest BCUT2D eigenvalue weighted by Gasteiger charge is -2.12. The molecule has 1 atom stereocenters. The first-order valence-electron chi connectivity index (χ1n) is 7.79. The number of carbonyl (C=O) groups is 2. The third-order valence-corrected chi connectivity index (χ3v) is 3.72. The molecular formula is C18H21N3O3S. The summed E-state index contributed by atoms with van der Waals surface area (Å²) in [5, 5.41) is 12.2. The van der Waals surface area contributed by atoms with Crippen LogP contribution in [0.25, 0.3) is 10.9 Å². The van der Waals surface area contributed by atoms with Gasteiger partial charge in [0.05, 0.1) is 11.1 Å². The Hall–Kier alpha value is -2.41. The van der Waals surface area contributed by atoms with Gasteiger partial charge in [0.2, 0.25) is 0 Å². The average molecular weight is 359 g/mol. The molecule has 7 heteroatoms. The van der Waals surface area contributed by atoms with Gasteiger partial charge in [-0.05, 0) is 45.0 Å². The number of aliphatic imine (C=N–C) groups is 1. The van der Waals surface area contributed by atoms with E-state index in [0.717, 1.165) is 16.5 Å². The molecule has 25 heavy (non-hydrogen) atoms. The summed E-state index contributed by atoms with van der Waals surface area (Å²) in [6, 6.07) is 5.89. The number of aromatic nitrogens is 1. The van der Waals surface area contributed by atoms with E-state index in [4.69, 9.17) is 5.11 Å². The van der Waals surface area contributed by atoms with Crippen molar-refractivity contribution >= 4 is 41.6 Å². The third-order valence-electron chi connectivity index (χ3n) is 3.35. The highest BCUT2D eigenvalue weighted by molar-refractivity contribution is 7.80. The minimum atomic E-state index is -1.12. The number of nitrogens with zero attached hydrogens (tertiary/aromatic N) is 2. The number of benzene rings is 1. The number of carboxylic acids is 1. The van der Waals surface area contributed by atoms with Gasteiger partial charge >= 0.3 is 5.97 Å². The van der Waals surface area contributed by atoms with Gasteiger partial charge in [0.1, 0.15) is 6.04 Å². The van der Waals surface area contributed by atoms with Gasteiger partial charge in [-0.25, -0.2) is 4.79 Å². The second-order valence-electron chi connectivity index (χ2n) is 6.65. The summed E-state index contributed by atoms with van der Waals surface area (Å²) in [5.74, 6) is -1.56. The van der Waals surface area contributed by atoms with Crippen molar-refractivity contribution in [2.24, 2.45) is 4.99 Å². The number of aliphatic carboxylic acids is 1. The highest BCUT2D eigenvalue weighted by atomic mass is 32.1. The summed E-state index contributed by atoms with van der Waals surface area (Å²) < 4.78 is 0. The lowest BCUT2D eigenvalue weighted by Crippen LogP contribution is -2.42. The molecule has 1 amide bonds. The van der Waals surface area contributed by atoms with Crippen molar-refractivity contribution in [1.82, 2.24) is 10.3 Å². The second-order valence-corrected chi connectivity index (χ2v) is 7.02. The second kappa shape index (κ2) is 7.65. The van der Waals surface area contributed by atoms with Crippen LogP contribution >= 0.6 is 12.6 Å². The molecule has 0 spiro atoms. The smallest absolute Gasteiger partial charge is 0.327 e. The first-order valence-corrected chi connectivity index (χ1v) is 8.42. The van der Waals surface area contributed by atoms with Gasteiger partial charge in [0.25, 0.3) is 5.91 Å². The summed E-state index contributed by atoms with van der Waals surface area (Å²) in [6.45, 7) is 6.00. The first kappa shape index (κ1) is 18.9. The molecule has 2 N–H and O–H groups in total. The molecule has 1 aromatic carbocycles. The molecule has 0 bridgehead atoms. The SMILES string of the molecule is CC(C)(C)/N=C\c1cnc2ccc(C(=O)NC(CS)C(=O)O)cc2c1. The lowest BCUT2D eigenvalue weighted by atomic mass is 10.1. The minimum absolute atomic E-state index is 0.0175. The van der Waals surface area contributed by atoms with E-state index in [2.05, 4.69) is 27.9 Å². The zero-order valence-electron chi connectivity index (χ0n) is 14.4. The fourth-order valence-electron chi connectivity index (χ4n) is 2.06. The largest absolute Gasteiger partial charge is 0.480 e. The normalized spacial score (nSPS) is 13.1. The van der Waals surface area contributed by atoms with Crippen molar-refractivity contribution in [3.8, 4) is 0 Å². The molecule has 1 aromatic heterocycles. The van der Waals surface area contributed by atoms with Gasteiger partial charge in [0, 0.05) is 34.7 Å². The Morgan fingerprint density at radius 2 is 2.08 bits per heavy atom. The molecule has 0 saturated carbocycles. The van der Waals surface area contributed by atoms with E-state index in [1.807, 2.05) is 26.8 Å². The van der Waals surface area contributed by atoms with E-state index in [9.17, 15) is 9.59 Å². The summed E-state index contributed by atoms with van der Waals surface area (Å²) in [5.41, 5.74) is 1.76. The van der Waals surface area contributed by atoms with Crippen molar-refractivity contribution in [2.45, 2.75) is 32.4 Å². The van der Waals surface area contributed by atoms with E-state index < -0.39 is 17.9 Å². The number of hydrogen-bond donors (Lipinski definition) is 3. The van der Waals surface area contributed by atoms with Gasteiger partial charge in [-0.3, -0.25) is 14.8 Å². The van der Waals surface area contributed by atoms with Gasteiger partial charge in [-0.15, -0.1) is 0 Å². The van der Waals surface area contributed by atoms with Gasteiger partial charge in [0.15, 0.2) is 0 Å². The quantitative estimate of drug-likeness (QED) is 0.565. The Morgan fingerprint density at radius 1 is 1.36 bits per heavy atom. The van der Waals surface area contributed by atoms with Crippen LogP contribution < -0.4 is 5.32 Å². The molecule has 0 aliphatic rings. The Balaban J connectivity index is 2.29. The fourth-order valence-corrected chi connectivity index (χ4v) is 2.30. The highest BCUT2D eigenvalue weighted by Gasteiger charge is 2.19. The standard InChI is InChI=1S/C18H21N3O3S/c1-18(2,3)20-9-11-6-13-7-12(4-5-14(13)19-8-11)16(22)21-15(10-25)17(23)24/h4-9,15,25H,10H2,1-3H3,(H,21,22)(H,23,24)/b20-9-. The number of carbonyl (C=O) groups excluding carboxylic acids is 1. The van der Waals surface area contributed by atoms with Crippen molar-refractivity contribution in [3.05, 3.63) is 41.6 Å². The van der Waals surface area contributed by atoms with Crippen LogP contribution in [0, 0.1) is 0 Å². The van der Waals surface area contributed by atoms with E-state index in [-0.39, 0.29) is 11.3 Å². The Bertz CT molecular complexity index is 828. The predicted molar refractivity (Wildman–Crippen MR) is 102 cm³/mol. The maximum absolute atomic E-state index is 12.2. The van der Waals surface area contributed by atoms with Gasteiger partial charge < -0.3 is 10.4 Å².